The maximum Gasteiger partial charge on any atom is 0.326 e. The molecule has 4 saturated carbocycles. The van der Waals surface area contributed by atoms with Crippen molar-refractivity contribution < 1.29 is 124 Å². The molecule has 26 nitrogen and oxygen atoms in total. The molecule has 1 aromatic rings. The SMILES string of the molecule is C=C1CC23CCC[C@H]4[C@@](C)(CCC[C@@]4(C)C(=O)OC4O[C@H](C(=O)N[C@H](Cc5ccccc5)C(=O)O)[C@@H](O)[C@H](O)[C@H]4O)[C@@H]2CC(O[C@@H]2O[C@H](CO)[C@@H](O)C(O[C@@H]4O[C@H](CO)[C@@H](O)[C@H](O)[C@H]4O)[C@H]2O[C@@H]2O[C@H](CO)[C@@H](O)[C@H](O)[C@H]2O)C1C3. The highest BCUT2D eigenvalue weighted by Crippen LogP contribution is 2.71. The van der Waals surface area contributed by atoms with Crippen molar-refractivity contribution in [3.8, 4) is 0 Å². The Kier molecular flexibility index (Phi) is 18.6. The normalized spacial score (nSPS) is 48.0. The number of aliphatic hydroxyl groups excluding tert-OH is 13. The van der Waals surface area contributed by atoms with E-state index in [1.807, 2.05) is 0 Å². The molecule has 1 aromatic carbocycles. The average molecular weight is 1140 g/mol. The van der Waals surface area contributed by atoms with Crippen molar-refractivity contribution >= 4 is 17.8 Å². The minimum Gasteiger partial charge on any atom is -0.480 e. The summed E-state index contributed by atoms with van der Waals surface area (Å²) in [5.41, 5.74) is -0.844. The van der Waals surface area contributed by atoms with Crippen LogP contribution in [0.15, 0.2) is 42.5 Å². The Bertz CT molecular complexity index is 2330. The van der Waals surface area contributed by atoms with Crippen LogP contribution < -0.4 is 5.32 Å². The Morgan fingerprint density at radius 3 is 1.81 bits per heavy atom. The van der Waals surface area contributed by atoms with Gasteiger partial charge in [-0.1, -0.05) is 62.2 Å². The van der Waals surface area contributed by atoms with Crippen molar-refractivity contribution in [1.29, 1.82) is 0 Å². The molecule has 9 rings (SSSR count). The van der Waals surface area contributed by atoms with Crippen LogP contribution in [0, 0.1) is 34.0 Å². The summed E-state index contributed by atoms with van der Waals surface area (Å²) in [6.45, 7) is 5.86. The van der Waals surface area contributed by atoms with Crippen LogP contribution in [-0.4, -0.2) is 244 Å². The molecule has 80 heavy (non-hydrogen) atoms. The van der Waals surface area contributed by atoms with E-state index in [-0.39, 0.29) is 23.7 Å². The van der Waals surface area contributed by atoms with Gasteiger partial charge in [-0.3, -0.25) is 9.59 Å². The molecule has 4 aliphatic heterocycles. The monoisotopic (exact) mass is 1140 g/mol. The molecular formula is C54H79NO25. The first-order chi connectivity index (χ1) is 37.9. The number of carboxylic acid groups (broad SMARTS) is 1. The summed E-state index contributed by atoms with van der Waals surface area (Å²) in [4.78, 5) is 40.8. The molecule has 26 heteroatoms. The van der Waals surface area contributed by atoms with E-state index in [2.05, 4.69) is 18.8 Å². The number of amides is 1. The second kappa shape index (κ2) is 24.3. The first-order valence-electron chi connectivity index (χ1n) is 27.6. The number of esters is 1. The Hall–Kier alpha value is -3.43. The number of aliphatic carboxylic acids is 1. The number of hydrogen-bond acceptors (Lipinski definition) is 24. The van der Waals surface area contributed by atoms with Crippen molar-refractivity contribution in [2.24, 2.45) is 34.0 Å². The third-order valence-electron chi connectivity index (χ3n) is 19.1. The highest BCUT2D eigenvalue weighted by Gasteiger charge is 2.67. The minimum absolute atomic E-state index is 0.135. The molecule has 28 atom stereocenters. The standard InChI is InChI=1S/C54H79NO25/c1-22-17-54-14-7-11-30-52(2,12-8-13-53(30,3)51(72)80-49-41(68)37(64)38(65)43(78-49)45(69)55-25(46(70)71)15-23-9-5-4-6-10-23)31(54)16-26(24(22)18-54)73-50-44(79-48-40(67)36(63)33(60)28(20-57)75-48)42(34(61)29(21-58)76-50)77-47-39(66)35(62)32(59)27(19-56)74-47/h4-6,9-10,24-44,47-50,56-68H,1,7-8,11-21H2,2-3H3,(H,55,69)(H,70,71)/t24?,25-,26?,27-,28-,29-,30+,31+,32-,33-,34-,35+,36+,37+,38+,39-,40-,41-,42?,43+,44-,47+,48+,49?,50-,52-,53-,54?/m1/s1. The number of carbonyl (C=O) groups excluding carboxylic acids is 2. The molecule has 5 unspecified atom stereocenters. The largest absolute Gasteiger partial charge is 0.480 e. The second-order valence-electron chi connectivity index (χ2n) is 23.9. The molecule has 8 fully saturated rings. The van der Waals surface area contributed by atoms with Gasteiger partial charge < -0.3 is 115 Å². The minimum atomic E-state index is -2.06. The van der Waals surface area contributed by atoms with Crippen molar-refractivity contribution in [2.75, 3.05) is 19.8 Å². The first kappa shape index (κ1) is 61.1. The molecule has 15 N–H and O–H groups in total. The molecule has 4 saturated heterocycles. The van der Waals surface area contributed by atoms with Gasteiger partial charge in [0.1, 0.15) is 97.6 Å². The van der Waals surface area contributed by atoms with Crippen molar-refractivity contribution in [3.05, 3.63) is 48.0 Å². The number of carboxylic acids is 1. The highest BCUT2D eigenvalue weighted by atomic mass is 16.8. The summed E-state index contributed by atoms with van der Waals surface area (Å²) in [5.74, 6) is -4.27. The average Bonchev–Trinajstić information content (AvgIpc) is 3.64. The Morgan fingerprint density at radius 1 is 0.650 bits per heavy atom. The van der Waals surface area contributed by atoms with Gasteiger partial charge in [0.2, 0.25) is 6.29 Å². The van der Waals surface area contributed by atoms with Crippen LogP contribution in [0.4, 0.5) is 0 Å². The quantitative estimate of drug-likeness (QED) is 0.0553. The number of ether oxygens (including phenoxy) is 8. The van der Waals surface area contributed by atoms with Gasteiger partial charge in [-0.15, -0.1) is 0 Å². The smallest absolute Gasteiger partial charge is 0.326 e. The zero-order valence-corrected chi connectivity index (χ0v) is 44.5. The fourth-order valence-electron chi connectivity index (χ4n) is 14.9. The summed E-state index contributed by atoms with van der Waals surface area (Å²) in [6, 6.07) is 6.97. The van der Waals surface area contributed by atoms with E-state index in [4.69, 9.17) is 37.9 Å². The van der Waals surface area contributed by atoms with Gasteiger partial charge >= 0.3 is 11.9 Å². The number of fused-ring (bicyclic) bond motifs is 3. The van der Waals surface area contributed by atoms with Crippen LogP contribution in [-0.2, 0) is 58.7 Å². The van der Waals surface area contributed by atoms with Crippen LogP contribution in [0.3, 0.4) is 0 Å². The van der Waals surface area contributed by atoms with Crippen molar-refractivity contribution in [3.63, 3.8) is 0 Å². The van der Waals surface area contributed by atoms with Gasteiger partial charge in [-0.05, 0) is 80.1 Å². The van der Waals surface area contributed by atoms with Crippen LogP contribution in [0.5, 0.6) is 0 Å². The lowest BCUT2D eigenvalue weighted by atomic mass is 9.46. The molecule has 4 heterocycles. The lowest BCUT2D eigenvalue weighted by Crippen LogP contribution is -2.67. The number of nitrogens with one attached hydrogen (secondary N) is 1. The predicted molar refractivity (Wildman–Crippen MR) is 266 cm³/mol. The Morgan fingerprint density at radius 2 is 1.21 bits per heavy atom. The summed E-state index contributed by atoms with van der Waals surface area (Å²) >= 11 is 0. The number of carbonyl (C=O) groups is 3. The highest BCUT2D eigenvalue weighted by molar-refractivity contribution is 5.87. The molecule has 450 valence electrons. The van der Waals surface area contributed by atoms with Gasteiger partial charge in [0, 0.05) is 12.3 Å². The molecule has 0 aromatic heterocycles. The van der Waals surface area contributed by atoms with Crippen molar-refractivity contribution in [2.45, 2.75) is 213 Å². The zero-order valence-electron chi connectivity index (χ0n) is 44.5. The lowest BCUT2D eigenvalue weighted by molar-refractivity contribution is -0.397. The van der Waals surface area contributed by atoms with Crippen LogP contribution >= 0.6 is 0 Å². The maximum atomic E-state index is 14.9. The first-order valence-corrected chi connectivity index (χ1v) is 27.6. The van der Waals surface area contributed by atoms with Gasteiger partial charge in [0.05, 0.1) is 31.3 Å². The molecule has 8 aliphatic rings. The van der Waals surface area contributed by atoms with Crippen LogP contribution in [0.1, 0.15) is 77.2 Å². The number of aliphatic hydroxyl groups is 13. The van der Waals surface area contributed by atoms with E-state index in [1.54, 1.807) is 37.3 Å². The maximum absolute atomic E-state index is 14.9. The van der Waals surface area contributed by atoms with E-state index in [9.17, 15) is 85.9 Å². The van der Waals surface area contributed by atoms with Gasteiger partial charge in [0.15, 0.2) is 25.0 Å². The van der Waals surface area contributed by atoms with Crippen LogP contribution in [0.2, 0.25) is 0 Å². The van der Waals surface area contributed by atoms with E-state index >= 15 is 0 Å². The predicted octanol–water partition coefficient (Wildman–Crippen LogP) is -4.05. The number of rotatable bonds is 16. The molecule has 4 aliphatic carbocycles. The fraction of sp³-hybridized carbons (Fsp3) is 0.796. The Labute approximate surface area is 460 Å². The van der Waals surface area contributed by atoms with Gasteiger partial charge in [-0.2, -0.15) is 0 Å². The van der Waals surface area contributed by atoms with Gasteiger partial charge in [0.25, 0.3) is 5.91 Å². The fourth-order valence-corrected chi connectivity index (χ4v) is 14.9. The van der Waals surface area contributed by atoms with Gasteiger partial charge in [-0.25, -0.2) is 4.79 Å². The van der Waals surface area contributed by atoms with E-state index in [1.165, 1.54) is 0 Å². The summed E-state index contributed by atoms with van der Waals surface area (Å²) < 4.78 is 48.8. The molecule has 0 radical (unpaired) electrons. The van der Waals surface area contributed by atoms with Crippen LogP contribution in [0.25, 0.3) is 0 Å². The number of hydrogen-bond donors (Lipinski definition) is 15. The third kappa shape index (κ3) is 11.2. The summed E-state index contributed by atoms with van der Waals surface area (Å²) in [5, 5.41) is 153. The van der Waals surface area contributed by atoms with Crippen molar-refractivity contribution in [1.82, 2.24) is 5.32 Å². The third-order valence-corrected chi connectivity index (χ3v) is 19.1. The molecule has 1 spiro atoms. The van der Waals surface area contributed by atoms with E-state index < -0.39 is 189 Å². The molecular weight excluding hydrogens is 1060 g/mol. The Balaban J connectivity index is 0.981. The molecule has 1 amide bonds. The lowest BCUT2D eigenvalue weighted by Gasteiger charge is -2.59. The zero-order chi connectivity index (χ0) is 57.9. The second-order valence-corrected chi connectivity index (χ2v) is 23.9. The summed E-state index contributed by atoms with van der Waals surface area (Å²) in [7, 11) is 0. The topological polar surface area (TPSA) is 420 Å². The van der Waals surface area contributed by atoms with E-state index in [0.29, 0.717) is 56.9 Å². The molecule has 2 bridgehead atoms. The van der Waals surface area contributed by atoms with E-state index in [0.717, 1.165) is 12.0 Å². The summed E-state index contributed by atoms with van der Waals surface area (Å²) in [6.07, 6.45) is -32.8. The number of benzene rings is 1.